The second-order valence-electron chi connectivity index (χ2n) is 4.92. The highest BCUT2D eigenvalue weighted by molar-refractivity contribution is 7.61. The summed E-state index contributed by atoms with van der Waals surface area (Å²) in [7, 11) is -0.739. The van der Waals surface area contributed by atoms with Crippen LogP contribution >= 0.6 is 15.9 Å². The quantitative estimate of drug-likeness (QED) is 0.305. The Morgan fingerprint density at radius 3 is 1.88 bits per heavy atom. The van der Waals surface area contributed by atoms with E-state index in [-0.39, 0.29) is 18.5 Å². The first-order chi connectivity index (χ1) is 11.3. The van der Waals surface area contributed by atoms with Crippen LogP contribution in [0.25, 0.3) is 0 Å². The summed E-state index contributed by atoms with van der Waals surface area (Å²) in [6.45, 7) is 1.23. The minimum atomic E-state index is -3.07. The van der Waals surface area contributed by atoms with Crippen LogP contribution in [0.2, 0.25) is 0 Å². The van der Waals surface area contributed by atoms with E-state index >= 15 is 0 Å². The van der Waals surface area contributed by atoms with E-state index < -0.39 is 15.9 Å². The van der Waals surface area contributed by atoms with E-state index in [2.05, 4.69) is 5.32 Å². The maximum Gasteiger partial charge on any atom is 0.423 e. The molecule has 0 aliphatic rings. The van der Waals surface area contributed by atoms with Gasteiger partial charge in [-0.2, -0.15) is 27.9 Å². The predicted molar refractivity (Wildman–Crippen MR) is 94.1 cm³/mol. The summed E-state index contributed by atoms with van der Waals surface area (Å²) in [5, 5.41) is 2.68. The largest absolute Gasteiger partial charge is 0.423 e. The molecule has 0 aliphatic heterocycles. The lowest BCUT2D eigenvalue weighted by Crippen LogP contribution is -2.33. The lowest BCUT2D eigenvalue weighted by molar-refractivity contribution is -0.121. The first-order valence-corrected chi connectivity index (χ1v) is 10.9. The Morgan fingerprint density at radius 2 is 1.50 bits per heavy atom. The molecule has 10 nitrogen and oxygen atoms in total. The Balaban J connectivity index is 4.71. The van der Waals surface area contributed by atoms with Gasteiger partial charge in [0.05, 0.1) is 28.4 Å². The van der Waals surface area contributed by atoms with Gasteiger partial charge in [-0.05, 0) is 6.42 Å². The first kappa shape index (κ1) is 24.0. The number of rotatable bonds is 14. The van der Waals surface area contributed by atoms with Crippen molar-refractivity contribution in [2.24, 2.45) is 5.73 Å². The van der Waals surface area contributed by atoms with Gasteiger partial charge in [-0.25, -0.2) is 4.90 Å². The second-order valence-corrected chi connectivity index (χ2v) is 9.50. The number of carbonyl (C=O) groups excluding carboxylic acids is 1. The molecule has 0 radical (unpaired) electrons. The van der Waals surface area contributed by atoms with Gasteiger partial charge in [-0.15, -0.1) is 0 Å². The smallest absolute Gasteiger partial charge is 0.355 e. The summed E-state index contributed by atoms with van der Waals surface area (Å²) in [4.78, 5) is 33.8. The van der Waals surface area contributed by atoms with Gasteiger partial charge >= 0.3 is 15.9 Å². The zero-order chi connectivity index (χ0) is 18.6. The van der Waals surface area contributed by atoms with Crippen LogP contribution in [-0.2, 0) is 22.9 Å². The molecule has 5 N–H and O–H groups in total. The highest BCUT2D eigenvalue weighted by Crippen LogP contribution is 2.59. The first-order valence-electron chi connectivity index (χ1n) is 7.41. The predicted octanol–water partition coefficient (Wildman–Crippen LogP) is 0.154. The van der Waals surface area contributed by atoms with Crippen LogP contribution in [0, 0.1) is 0 Å². The van der Waals surface area contributed by atoms with Crippen molar-refractivity contribution in [2.75, 3.05) is 60.6 Å². The number of carbonyl (C=O) groups is 1. The molecule has 0 saturated heterocycles. The van der Waals surface area contributed by atoms with Crippen molar-refractivity contribution in [3.63, 3.8) is 0 Å². The number of nitrogens with one attached hydrogen (secondary N) is 1. The Bertz CT molecular complexity index is 338. The monoisotopic (exact) mass is 391 g/mol. The van der Waals surface area contributed by atoms with E-state index in [0.29, 0.717) is 32.5 Å². The normalized spacial score (nSPS) is 12.7. The Morgan fingerprint density at radius 1 is 1.04 bits per heavy atom. The van der Waals surface area contributed by atoms with Crippen molar-refractivity contribution in [2.45, 2.75) is 12.8 Å². The fourth-order valence-electron chi connectivity index (χ4n) is 1.83. The third-order valence-corrected chi connectivity index (χ3v) is 7.04. The molecule has 0 atom stereocenters. The molecule has 144 valence electrons. The summed E-state index contributed by atoms with van der Waals surface area (Å²) >= 11 is 0. The van der Waals surface area contributed by atoms with E-state index in [4.69, 9.17) is 23.8 Å². The van der Waals surface area contributed by atoms with E-state index in [0.717, 1.165) is 0 Å². The summed E-state index contributed by atoms with van der Waals surface area (Å²) < 4.78 is 20.2. The number of nitrogens with two attached hydrogens (primary N) is 1. The number of nitrogens with zero attached hydrogens (tertiary/aromatic N) is 1. The molecule has 0 saturated carbocycles. The molecule has 12 heteroatoms. The van der Waals surface area contributed by atoms with Crippen LogP contribution < -0.4 is 11.1 Å². The summed E-state index contributed by atoms with van der Waals surface area (Å²) in [5.74, 6) is -0.104. The van der Waals surface area contributed by atoms with Crippen molar-refractivity contribution >= 4 is 21.8 Å². The highest BCUT2D eigenvalue weighted by atomic mass is 31.2. The van der Waals surface area contributed by atoms with Gasteiger partial charge in [-0.3, -0.25) is 4.79 Å². The molecule has 0 aromatic rings. The Labute approximate surface area is 144 Å². The SMILES string of the molecule is CO[P+](O)(CN(CCCC(=O)NCCN)C[P+](O)(OC)OC)OC. The molecule has 0 bridgehead atoms. The van der Waals surface area contributed by atoms with Crippen LogP contribution in [0.5, 0.6) is 0 Å². The van der Waals surface area contributed by atoms with Gasteiger partial charge in [0.25, 0.3) is 0 Å². The van der Waals surface area contributed by atoms with Gasteiger partial charge in [0, 0.05) is 26.1 Å². The van der Waals surface area contributed by atoms with Gasteiger partial charge in [0.15, 0.2) is 12.6 Å². The molecule has 0 aromatic heterocycles. The summed E-state index contributed by atoms with van der Waals surface area (Å²) in [6, 6.07) is 0. The molecule has 0 aliphatic carbocycles. The maximum absolute atomic E-state index is 11.6. The standard InChI is InChI=1S/C12H30N3O7P2/c1-19-23(17,20-2)10-15(11-24(18,21-3)22-4)9-5-6-12(16)14-8-7-13/h17-18H,5-11,13H2,1-4H3/q+1/p+1. The molecule has 24 heavy (non-hydrogen) atoms. The Hall–Kier alpha value is 0.0100. The third kappa shape index (κ3) is 9.48. The van der Waals surface area contributed by atoms with Gasteiger partial charge < -0.3 is 11.1 Å². The fraction of sp³-hybridized carbons (Fsp3) is 0.917. The van der Waals surface area contributed by atoms with Crippen molar-refractivity contribution in [3.8, 4) is 0 Å². The molecule has 1 amide bonds. The minimum Gasteiger partial charge on any atom is -0.355 e. The van der Waals surface area contributed by atoms with Crippen molar-refractivity contribution in [1.82, 2.24) is 10.2 Å². The zero-order valence-corrected chi connectivity index (χ0v) is 16.6. The number of hydrogen-bond acceptors (Lipinski definition) is 9. The van der Waals surface area contributed by atoms with Gasteiger partial charge in [0.2, 0.25) is 5.91 Å². The average Bonchev–Trinajstić information content (AvgIpc) is 2.59. The van der Waals surface area contributed by atoms with Crippen molar-refractivity contribution < 1.29 is 32.7 Å². The fourth-order valence-corrected chi connectivity index (χ4v) is 4.25. The summed E-state index contributed by atoms with van der Waals surface area (Å²) in [5.41, 5.74) is 5.33. The number of hydrogen-bond donors (Lipinski definition) is 4. The van der Waals surface area contributed by atoms with E-state index in [1.165, 1.54) is 28.4 Å². The molecular formula is C12H31N3O7P2+2. The van der Waals surface area contributed by atoms with E-state index in [1.807, 2.05) is 0 Å². The van der Waals surface area contributed by atoms with Crippen LogP contribution in [0.1, 0.15) is 12.8 Å². The zero-order valence-electron chi connectivity index (χ0n) is 14.8. The molecule has 0 spiro atoms. The van der Waals surface area contributed by atoms with Gasteiger partial charge in [0.1, 0.15) is 0 Å². The maximum atomic E-state index is 11.6. The number of amides is 1. The van der Waals surface area contributed by atoms with Crippen LogP contribution in [0.4, 0.5) is 0 Å². The minimum absolute atomic E-state index is 0.0550. The summed E-state index contributed by atoms with van der Waals surface area (Å²) in [6.07, 6.45) is 0.917. The Kier molecular flexibility index (Phi) is 12.4. The molecule has 0 unspecified atom stereocenters. The molecular weight excluding hydrogens is 360 g/mol. The molecule has 0 fully saturated rings. The topological polar surface area (TPSA) is 136 Å². The molecule has 0 rings (SSSR count). The highest BCUT2D eigenvalue weighted by Gasteiger charge is 2.47. The van der Waals surface area contributed by atoms with E-state index in [1.54, 1.807) is 4.90 Å². The molecule has 0 aromatic carbocycles. The van der Waals surface area contributed by atoms with E-state index in [9.17, 15) is 14.6 Å². The van der Waals surface area contributed by atoms with Crippen LogP contribution in [-0.4, -0.2) is 81.2 Å². The third-order valence-electron chi connectivity index (χ3n) is 3.24. The van der Waals surface area contributed by atoms with Gasteiger partial charge in [-0.1, -0.05) is 0 Å². The lowest BCUT2D eigenvalue weighted by Gasteiger charge is -2.25. The average molecular weight is 391 g/mol. The second kappa shape index (κ2) is 12.4. The van der Waals surface area contributed by atoms with Crippen LogP contribution in [0.3, 0.4) is 0 Å². The van der Waals surface area contributed by atoms with Crippen molar-refractivity contribution in [1.29, 1.82) is 0 Å². The lowest BCUT2D eigenvalue weighted by atomic mass is 10.3. The molecule has 0 heterocycles. The van der Waals surface area contributed by atoms with Crippen LogP contribution in [0.15, 0.2) is 0 Å². The van der Waals surface area contributed by atoms with Crippen molar-refractivity contribution in [3.05, 3.63) is 0 Å².